The number of hydrogen-bond donors (Lipinski definition) is 2. The van der Waals surface area contributed by atoms with Crippen molar-refractivity contribution in [3.63, 3.8) is 0 Å². The average molecular weight is 493 g/mol. The number of methoxy groups -OCH3 is 1. The summed E-state index contributed by atoms with van der Waals surface area (Å²) in [6, 6.07) is 11.7. The molecule has 1 amide bonds. The Hall–Kier alpha value is -4.28. The van der Waals surface area contributed by atoms with Crippen LogP contribution in [0.4, 0.5) is 17.5 Å². The molecule has 4 rings (SSSR count). The first-order valence-electron chi connectivity index (χ1n) is 11.6. The van der Waals surface area contributed by atoms with E-state index in [1.807, 2.05) is 43.3 Å². The molecule has 36 heavy (non-hydrogen) atoms. The maximum atomic E-state index is 12.7. The molecular weight excluding hydrogens is 464 g/mol. The van der Waals surface area contributed by atoms with Gasteiger partial charge in [-0.25, -0.2) is 9.78 Å². The van der Waals surface area contributed by atoms with E-state index in [4.69, 9.17) is 4.98 Å². The van der Waals surface area contributed by atoms with E-state index < -0.39 is 22.5 Å². The molecule has 1 aliphatic rings. The second-order valence-corrected chi connectivity index (χ2v) is 8.93. The summed E-state index contributed by atoms with van der Waals surface area (Å²) >= 11 is 0. The Labute approximate surface area is 208 Å². The van der Waals surface area contributed by atoms with Crippen LogP contribution in [0.5, 0.6) is 0 Å². The highest BCUT2D eigenvalue weighted by molar-refractivity contribution is 5.99. The Balaban J connectivity index is 1.38. The van der Waals surface area contributed by atoms with Gasteiger partial charge in [-0.2, -0.15) is 4.98 Å². The summed E-state index contributed by atoms with van der Waals surface area (Å²) in [4.78, 5) is 46.5. The van der Waals surface area contributed by atoms with E-state index in [0.29, 0.717) is 5.95 Å². The van der Waals surface area contributed by atoms with Crippen LogP contribution in [0.3, 0.4) is 0 Å². The van der Waals surface area contributed by atoms with Crippen molar-refractivity contribution in [2.24, 2.45) is 0 Å². The SMILES string of the molecule is COC(=O)c1ccc(C(=O)N[C@H]2CC[C@@H](Nc3nc(N(C)C)c4ccccc4n3)CC2)cc1[N+](=O)[O-]. The molecule has 11 nitrogen and oxygen atoms in total. The van der Waals surface area contributed by atoms with Crippen molar-refractivity contribution in [2.45, 2.75) is 37.8 Å². The van der Waals surface area contributed by atoms with Gasteiger partial charge in [0.25, 0.3) is 11.6 Å². The molecule has 1 heterocycles. The van der Waals surface area contributed by atoms with Gasteiger partial charge in [-0.05, 0) is 49.9 Å². The topological polar surface area (TPSA) is 140 Å². The second-order valence-electron chi connectivity index (χ2n) is 8.93. The number of carbonyl (C=O) groups excluding carboxylic acids is 2. The minimum absolute atomic E-state index is 0.0650. The van der Waals surface area contributed by atoms with Crippen LogP contribution in [-0.2, 0) is 4.74 Å². The number of nitrogens with zero attached hydrogens (tertiary/aromatic N) is 4. The van der Waals surface area contributed by atoms with E-state index in [0.717, 1.165) is 55.6 Å². The number of amides is 1. The zero-order valence-electron chi connectivity index (χ0n) is 20.4. The second kappa shape index (κ2) is 10.5. The van der Waals surface area contributed by atoms with Gasteiger partial charge in [-0.1, -0.05) is 12.1 Å². The molecule has 2 aromatic carbocycles. The lowest BCUT2D eigenvalue weighted by atomic mass is 9.91. The van der Waals surface area contributed by atoms with Crippen molar-refractivity contribution in [1.82, 2.24) is 15.3 Å². The molecule has 1 aromatic heterocycles. The van der Waals surface area contributed by atoms with Crippen LogP contribution in [0.25, 0.3) is 10.9 Å². The predicted octanol–water partition coefficient (Wildman–Crippen LogP) is 3.54. The number of nitro groups is 1. The first-order chi connectivity index (χ1) is 17.3. The summed E-state index contributed by atoms with van der Waals surface area (Å²) in [5.41, 5.74) is 0.330. The lowest BCUT2D eigenvalue weighted by molar-refractivity contribution is -0.385. The predicted molar refractivity (Wildman–Crippen MR) is 135 cm³/mol. The largest absolute Gasteiger partial charge is 0.465 e. The zero-order valence-corrected chi connectivity index (χ0v) is 20.4. The Morgan fingerprint density at radius 2 is 1.75 bits per heavy atom. The average Bonchev–Trinajstić information content (AvgIpc) is 2.88. The van der Waals surface area contributed by atoms with Crippen LogP contribution in [0, 0.1) is 10.1 Å². The number of para-hydroxylation sites is 1. The molecule has 188 valence electrons. The maximum Gasteiger partial charge on any atom is 0.344 e. The smallest absolute Gasteiger partial charge is 0.344 e. The first-order valence-corrected chi connectivity index (χ1v) is 11.6. The molecule has 0 unspecified atom stereocenters. The number of hydrogen-bond acceptors (Lipinski definition) is 9. The standard InChI is InChI=1S/C25H28N6O5/c1-30(2)22-18-6-4-5-7-20(18)28-25(29-22)27-17-11-9-16(10-12-17)26-23(32)15-8-13-19(24(33)36-3)21(14-15)31(34)35/h4-8,13-14,16-17H,9-12H2,1-3H3,(H,26,32)(H,27,28,29)/t16-,17+. The number of carbonyl (C=O) groups is 2. The van der Waals surface area contributed by atoms with Crippen molar-refractivity contribution in [3.8, 4) is 0 Å². The minimum Gasteiger partial charge on any atom is -0.465 e. The van der Waals surface area contributed by atoms with Crippen LogP contribution in [-0.4, -0.2) is 60.1 Å². The molecule has 0 atom stereocenters. The molecule has 1 aliphatic carbocycles. The highest BCUT2D eigenvalue weighted by Gasteiger charge is 2.26. The molecule has 0 spiro atoms. The number of anilines is 2. The van der Waals surface area contributed by atoms with Gasteiger partial charge in [0.2, 0.25) is 5.95 Å². The van der Waals surface area contributed by atoms with Crippen LogP contribution >= 0.6 is 0 Å². The van der Waals surface area contributed by atoms with E-state index in [2.05, 4.69) is 20.4 Å². The number of rotatable bonds is 7. The van der Waals surface area contributed by atoms with Crippen LogP contribution in [0.15, 0.2) is 42.5 Å². The molecule has 0 bridgehead atoms. The number of benzene rings is 2. The number of nitrogens with one attached hydrogen (secondary N) is 2. The fourth-order valence-electron chi connectivity index (χ4n) is 4.41. The zero-order chi connectivity index (χ0) is 25.8. The van der Waals surface area contributed by atoms with Crippen molar-refractivity contribution < 1.29 is 19.2 Å². The van der Waals surface area contributed by atoms with Gasteiger partial charge < -0.3 is 20.3 Å². The summed E-state index contributed by atoms with van der Waals surface area (Å²) in [5.74, 6) is 0.172. The summed E-state index contributed by atoms with van der Waals surface area (Å²) in [7, 11) is 5.04. The lowest BCUT2D eigenvalue weighted by Crippen LogP contribution is -2.40. The summed E-state index contributed by atoms with van der Waals surface area (Å²) in [6.45, 7) is 0. The lowest BCUT2D eigenvalue weighted by Gasteiger charge is -2.30. The van der Waals surface area contributed by atoms with Gasteiger partial charge >= 0.3 is 5.97 Å². The Bertz CT molecular complexity index is 1300. The van der Waals surface area contributed by atoms with Crippen molar-refractivity contribution in [3.05, 3.63) is 63.7 Å². The van der Waals surface area contributed by atoms with Crippen LogP contribution < -0.4 is 15.5 Å². The molecule has 1 fully saturated rings. The van der Waals surface area contributed by atoms with Gasteiger partial charge in [-0.3, -0.25) is 14.9 Å². The fraction of sp³-hybridized carbons (Fsp3) is 0.360. The van der Waals surface area contributed by atoms with E-state index in [1.165, 1.54) is 12.1 Å². The Morgan fingerprint density at radius 3 is 2.42 bits per heavy atom. The molecule has 3 aromatic rings. The highest BCUT2D eigenvalue weighted by atomic mass is 16.6. The first kappa shape index (κ1) is 24.8. The number of nitro benzene ring substituents is 1. The van der Waals surface area contributed by atoms with Gasteiger partial charge in [0.05, 0.1) is 17.5 Å². The van der Waals surface area contributed by atoms with Crippen LogP contribution in [0.2, 0.25) is 0 Å². The maximum absolute atomic E-state index is 12.7. The van der Waals surface area contributed by atoms with Crippen molar-refractivity contribution in [2.75, 3.05) is 31.4 Å². The van der Waals surface area contributed by atoms with Crippen molar-refractivity contribution >= 4 is 40.2 Å². The van der Waals surface area contributed by atoms with E-state index in [-0.39, 0.29) is 23.2 Å². The Morgan fingerprint density at radius 1 is 1.06 bits per heavy atom. The monoisotopic (exact) mass is 492 g/mol. The van der Waals surface area contributed by atoms with E-state index >= 15 is 0 Å². The fourth-order valence-corrected chi connectivity index (χ4v) is 4.41. The van der Waals surface area contributed by atoms with Crippen molar-refractivity contribution in [1.29, 1.82) is 0 Å². The third kappa shape index (κ3) is 5.35. The van der Waals surface area contributed by atoms with E-state index in [9.17, 15) is 19.7 Å². The number of fused-ring (bicyclic) bond motifs is 1. The van der Waals surface area contributed by atoms with Gasteiger partial charge in [0.1, 0.15) is 11.4 Å². The normalized spacial score (nSPS) is 17.3. The van der Waals surface area contributed by atoms with Gasteiger partial charge in [-0.15, -0.1) is 0 Å². The highest BCUT2D eigenvalue weighted by Crippen LogP contribution is 2.27. The molecule has 11 heteroatoms. The van der Waals surface area contributed by atoms with Gasteiger partial charge in [0.15, 0.2) is 0 Å². The molecule has 0 aliphatic heterocycles. The third-order valence-corrected chi connectivity index (χ3v) is 6.26. The van der Waals surface area contributed by atoms with Gasteiger partial charge in [0, 0.05) is 43.2 Å². The number of aromatic nitrogens is 2. The minimum atomic E-state index is -0.826. The molecular formula is C25H28N6O5. The van der Waals surface area contributed by atoms with E-state index in [1.54, 1.807) is 0 Å². The molecule has 1 saturated carbocycles. The molecule has 0 radical (unpaired) electrons. The van der Waals surface area contributed by atoms with Crippen LogP contribution in [0.1, 0.15) is 46.4 Å². The Kier molecular flexibility index (Phi) is 7.28. The molecule has 0 saturated heterocycles. The number of ether oxygens (including phenoxy) is 1. The summed E-state index contributed by atoms with van der Waals surface area (Å²) in [5, 5.41) is 18.7. The number of esters is 1. The third-order valence-electron chi connectivity index (χ3n) is 6.26. The quantitative estimate of drug-likeness (QED) is 0.288. The molecule has 2 N–H and O–H groups in total. The summed E-state index contributed by atoms with van der Waals surface area (Å²) in [6.07, 6.45) is 3.08. The summed E-state index contributed by atoms with van der Waals surface area (Å²) < 4.78 is 4.58.